The van der Waals surface area contributed by atoms with Crippen LogP contribution in [0.2, 0.25) is 0 Å². The van der Waals surface area contributed by atoms with Crippen molar-refractivity contribution in [1.82, 2.24) is 0 Å². The van der Waals surface area contributed by atoms with E-state index in [9.17, 15) is 28.0 Å². The summed E-state index contributed by atoms with van der Waals surface area (Å²) >= 11 is 0. The molecule has 0 saturated heterocycles. The molecular weight excluding hydrogens is 511 g/mol. The molecule has 4 rings (SSSR count). The number of fused-ring (bicyclic) bond motifs is 1. The Morgan fingerprint density at radius 2 is 1.59 bits per heavy atom. The minimum Gasteiger partial charge on any atom is -0.449 e. The first-order chi connectivity index (χ1) is 18.4. The fourth-order valence-electron chi connectivity index (χ4n) is 3.65. The van der Waals surface area contributed by atoms with Crippen molar-refractivity contribution in [1.29, 1.82) is 5.26 Å². The van der Waals surface area contributed by atoms with Gasteiger partial charge in [-0.15, -0.1) is 0 Å². The Morgan fingerprint density at radius 1 is 0.949 bits per heavy atom. The minimum absolute atomic E-state index is 0.0277. The predicted molar refractivity (Wildman–Crippen MR) is 138 cm³/mol. The van der Waals surface area contributed by atoms with Gasteiger partial charge in [0.25, 0.3) is 5.76 Å². The molecule has 0 aliphatic carbocycles. The molecule has 0 bridgehead atoms. The average Bonchev–Trinajstić information content (AvgIpc) is 2.88. The second kappa shape index (κ2) is 10.5. The van der Waals surface area contributed by atoms with Gasteiger partial charge < -0.3 is 13.9 Å². The summed E-state index contributed by atoms with van der Waals surface area (Å²) < 4.78 is 57.4. The highest BCUT2D eigenvalue weighted by molar-refractivity contribution is 5.99. The Morgan fingerprint density at radius 3 is 2.18 bits per heavy atom. The Balaban J connectivity index is 1.69. The fourth-order valence-corrected chi connectivity index (χ4v) is 3.65. The van der Waals surface area contributed by atoms with Gasteiger partial charge in [0, 0.05) is 6.07 Å². The first-order valence-corrected chi connectivity index (χ1v) is 11.7. The van der Waals surface area contributed by atoms with Gasteiger partial charge in [-0.3, -0.25) is 4.79 Å². The van der Waals surface area contributed by atoms with E-state index in [4.69, 9.17) is 13.9 Å². The van der Waals surface area contributed by atoms with Crippen molar-refractivity contribution in [2.75, 3.05) is 0 Å². The zero-order valence-electron chi connectivity index (χ0n) is 21.1. The molecule has 0 saturated carbocycles. The maximum Gasteiger partial charge on any atom is 0.453 e. The van der Waals surface area contributed by atoms with Crippen LogP contribution in [0.15, 0.2) is 87.6 Å². The third kappa shape index (κ3) is 6.18. The third-order valence-corrected chi connectivity index (χ3v) is 5.68. The van der Waals surface area contributed by atoms with Crippen molar-refractivity contribution in [2.24, 2.45) is 0 Å². The number of ether oxygens (including phenoxy) is 2. The second-order valence-corrected chi connectivity index (χ2v) is 9.59. The molecule has 0 N–H and O–H groups in total. The number of rotatable bonds is 5. The van der Waals surface area contributed by atoms with Gasteiger partial charge in [0.2, 0.25) is 11.2 Å². The number of benzene rings is 3. The number of alkyl halides is 3. The number of nitriles is 1. The second-order valence-electron chi connectivity index (χ2n) is 9.59. The van der Waals surface area contributed by atoms with Gasteiger partial charge in [-0.05, 0) is 46.9 Å². The summed E-state index contributed by atoms with van der Waals surface area (Å²) in [6.45, 7) is 5.94. The predicted octanol–water partition coefficient (Wildman–Crippen LogP) is 7.41. The average molecular weight is 534 g/mol. The van der Waals surface area contributed by atoms with Gasteiger partial charge in [0.1, 0.15) is 28.7 Å². The van der Waals surface area contributed by atoms with E-state index in [0.717, 1.165) is 17.7 Å². The monoisotopic (exact) mass is 533 g/mol. The number of hydrogen-bond acceptors (Lipinski definition) is 6. The van der Waals surface area contributed by atoms with Crippen LogP contribution in [0.4, 0.5) is 13.2 Å². The molecule has 198 valence electrons. The van der Waals surface area contributed by atoms with E-state index >= 15 is 0 Å². The van der Waals surface area contributed by atoms with E-state index in [0.29, 0.717) is 5.56 Å². The number of esters is 1. The zero-order chi connectivity index (χ0) is 28.4. The molecule has 9 heteroatoms. The summed E-state index contributed by atoms with van der Waals surface area (Å²) in [6, 6.07) is 20.0. The molecule has 0 aliphatic heterocycles. The van der Waals surface area contributed by atoms with Crippen LogP contribution in [0.3, 0.4) is 0 Å². The normalized spacial score (nSPS) is 12.2. The van der Waals surface area contributed by atoms with Crippen molar-refractivity contribution >= 4 is 23.0 Å². The number of carbonyl (C=O) groups excluding carboxylic acids is 1. The van der Waals surface area contributed by atoms with E-state index in [1.165, 1.54) is 24.3 Å². The highest BCUT2D eigenvalue weighted by atomic mass is 19.4. The Bertz CT molecular complexity index is 1660. The van der Waals surface area contributed by atoms with Crippen LogP contribution in [-0.4, -0.2) is 5.97 Å². The maximum atomic E-state index is 13.9. The van der Waals surface area contributed by atoms with Gasteiger partial charge in [0.15, 0.2) is 0 Å². The molecule has 3 aromatic carbocycles. The molecule has 0 atom stereocenters. The highest BCUT2D eigenvalue weighted by Gasteiger charge is 2.40. The molecule has 0 fully saturated rings. The van der Waals surface area contributed by atoms with Crippen LogP contribution in [0.25, 0.3) is 17.0 Å². The first-order valence-electron chi connectivity index (χ1n) is 11.7. The minimum atomic E-state index is -5.06. The topological polar surface area (TPSA) is 89.5 Å². The molecule has 0 amide bonds. The zero-order valence-corrected chi connectivity index (χ0v) is 21.1. The summed E-state index contributed by atoms with van der Waals surface area (Å²) in [4.78, 5) is 25.6. The van der Waals surface area contributed by atoms with Crippen LogP contribution in [0.5, 0.6) is 17.2 Å². The first kappa shape index (κ1) is 27.2. The van der Waals surface area contributed by atoms with Crippen molar-refractivity contribution < 1.29 is 31.9 Å². The highest BCUT2D eigenvalue weighted by Crippen LogP contribution is 2.39. The number of halogens is 3. The van der Waals surface area contributed by atoms with Gasteiger partial charge in [-0.2, -0.15) is 18.4 Å². The Hall–Kier alpha value is -4.84. The maximum absolute atomic E-state index is 13.9. The van der Waals surface area contributed by atoms with Crippen molar-refractivity contribution in [3.05, 3.63) is 105 Å². The number of nitrogens with zero attached hydrogens (tertiary/aromatic N) is 1. The van der Waals surface area contributed by atoms with Crippen molar-refractivity contribution in [2.45, 2.75) is 32.4 Å². The molecule has 1 aromatic heterocycles. The largest absolute Gasteiger partial charge is 0.453 e. The van der Waals surface area contributed by atoms with Crippen LogP contribution in [0.1, 0.15) is 37.7 Å². The summed E-state index contributed by atoms with van der Waals surface area (Å²) in [5, 5.41) is 9.14. The van der Waals surface area contributed by atoms with E-state index in [2.05, 4.69) is 0 Å². The van der Waals surface area contributed by atoms with Crippen LogP contribution in [0, 0.1) is 11.3 Å². The van der Waals surface area contributed by atoms with Gasteiger partial charge in [-0.25, -0.2) is 4.79 Å². The van der Waals surface area contributed by atoms with Gasteiger partial charge >= 0.3 is 12.1 Å². The fraction of sp³-hybridized carbons (Fsp3) is 0.167. The van der Waals surface area contributed by atoms with Gasteiger partial charge in [-0.1, -0.05) is 63.2 Å². The molecule has 0 aliphatic rings. The summed E-state index contributed by atoms with van der Waals surface area (Å²) in [7, 11) is 0. The van der Waals surface area contributed by atoms with Crippen LogP contribution < -0.4 is 14.9 Å². The van der Waals surface area contributed by atoms with E-state index in [1.54, 1.807) is 48.5 Å². The van der Waals surface area contributed by atoms with Crippen LogP contribution >= 0.6 is 0 Å². The number of carbonyl (C=O) groups is 1. The smallest absolute Gasteiger partial charge is 0.449 e. The SMILES string of the molecule is CC(C)(C)c1ccc(Oc2c(C(F)(F)F)oc3cc(OC(=O)C(C#N)=Cc4ccccc4)ccc3c2=O)cc1. The molecule has 39 heavy (non-hydrogen) atoms. The van der Waals surface area contributed by atoms with Gasteiger partial charge in [0.05, 0.1) is 5.39 Å². The van der Waals surface area contributed by atoms with Crippen molar-refractivity contribution in [3.8, 4) is 23.3 Å². The van der Waals surface area contributed by atoms with Crippen LogP contribution in [-0.2, 0) is 16.4 Å². The Labute approximate surface area is 221 Å². The molecule has 6 nitrogen and oxygen atoms in total. The third-order valence-electron chi connectivity index (χ3n) is 5.68. The lowest BCUT2D eigenvalue weighted by molar-refractivity contribution is -0.154. The molecule has 0 spiro atoms. The quantitative estimate of drug-likeness (QED) is 0.115. The van der Waals surface area contributed by atoms with E-state index in [1.807, 2.05) is 20.8 Å². The number of hydrogen-bond donors (Lipinski definition) is 0. The van der Waals surface area contributed by atoms with E-state index < -0.39 is 34.7 Å². The summed E-state index contributed by atoms with van der Waals surface area (Å²) in [5.74, 6) is -3.87. The molecule has 0 radical (unpaired) electrons. The van der Waals surface area contributed by atoms with E-state index in [-0.39, 0.29) is 27.9 Å². The summed E-state index contributed by atoms with van der Waals surface area (Å²) in [6.07, 6.45) is -3.75. The molecular formula is C30H22F3NO5. The lowest BCUT2D eigenvalue weighted by atomic mass is 9.87. The lowest BCUT2D eigenvalue weighted by Crippen LogP contribution is -2.16. The van der Waals surface area contributed by atoms with Crippen molar-refractivity contribution in [3.63, 3.8) is 0 Å². The lowest BCUT2D eigenvalue weighted by Gasteiger charge is -2.19. The Kier molecular flexibility index (Phi) is 7.32. The molecule has 0 unspecified atom stereocenters. The molecule has 4 aromatic rings. The summed E-state index contributed by atoms with van der Waals surface area (Å²) in [5.41, 5.74) is -0.548. The molecule has 1 heterocycles. The standard InChI is InChI=1S/C30H22F3NO5/c1-29(2,3)20-9-11-21(12-10-20)37-26-25(35)23-14-13-22(16-24(23)39-27(26)30(31,32)33)38-28(36)19(17-34)15-18-7-5-4-6-8-18/h4-16H,1-3H3.